The van der Waals surface area contributed by atoms with Gasteiger partial charge in [0.2, 0.25) is 0 Å². The molecule has 1 aliphatic carbocycles. The van der Waals surface area contributed by atoms with E-state index in [-0.39, 0.29) is 22.3 Å². The molecule has 2 aromatic rings. The number of aryl methyl sites for hydroxylation is 1. The van der Waals surface area contributed by atoms with Gasteiger partial charge in [0.15, 0.2) is 0 Å². The molecule has 1 amide bonds. The molecule has 4 rings (SSSR count). The predicted octanol–water partition coefficient (Wildman–Crippen LogP) is 1.92. The van der Waals surface area contributed by atoms with E-state index in [2.05, 4.69) is 30.9 Å². The lowest BCUT2D eigenvalue weighted by Crippen LogP contribution is -2.45. The number of H-pyrrole nitrogens is 1. The van der Waals surface area contributed by atoms with E-state index in [1.807, 2.05) is 11.9 Å². The highest BCUT2D eigenvalue weighted by Crippen LogP contribution is 2.44. The Kier molecular flexibility index (Phi) is 4.01. The minimum atomic E-state index is -0.199. The van der Waals surface area contributed by atoms with Crippen LogP contribution in [-0.2, 0) is 24.3 Å². The smallest absolute Gasteiger partial charge is 0.257 e. The first kappa shape index (κ1) is 17.9. The van der Waals surface area contributed by atoms with E-state index < -0.39 is 0 Å². The van der Waals surface area contributed by atoms with Crippen LogP contribution in [0.4, 0.5) is 0 Å². The minimum Gasteiger partial charge on any atom is -0.338 e. The molecule has 0 aromatic carbocycles. The van der Waals surface area contributed by atoms with Crippen molar-refractivity contribution in [2.45, 2.75) is 57.3 Å². The van der Waals surface area contributed by atoms with Gasteiger partial charge < -0.3 is 9.88 Å². The molecule has 2 aromatic heterocycles. The number of hydrogen-bond acceptors (Lipinski definition) is 4. The monoisotopic (exact) mass is 369 g/mol. The van der Waals surface area contributed by atoms with Crippen molar-refractivity contribution in [3.8, 4) is 0 Å². The van der Waals surface area contributed by atoms with Gasteiger partial charge in [-0.2, -0.15) is 5.10 Å². The summed E-state index contributed by atoms with van der Waals surface area (Å²) in [5.74, 6) is 0.784. The summed E-state index contributed by atoms with van der Waals surface area (Å²) in [6.07, 6.45) is 6.81. The van der Waals surface area contributed by atoms with Crippen LogP contribution in [0.25, 0.3) is 0 Å². The fourth-order valence-corrected chi connectivity index (χ4v) is 4.35. The van der Waals surface area contributed by atoms with Crippen LogP contribution in [0.1, 0.15) is 67.5 Å². The van der Waals surface area contributed by atoms with Crippen molar-refractivity contribution in [1.29, 1.82) is 0 Å². The van der Waals surface area contributed by atoms with Crippen LogP contribution >= 0.6 is 0 Å². The van der Waals surface area contributed by atoms with Gasteiger partial charge in [0.1, 0.15) is 5.82 Å². The van der Waals surface area contributed by atoms with Crippen molar-refractivity contribution in [2.75, 3.05) is 13.1 Å². The summed E-state index contributed by atoms with van der Waals surface area (Å²) in [7, 11) is 1.81. The zero-order chi connectivity index (χ0) is 19.4. The SMILES string of the molecule is Cn1cc(C(=O)N2CCC3(CCc4c3nc(C(C)(C)C)[nH]c4=O)CC2)cn1. The molecular formula is C20H27N5O2. The Morgan fingerprint density at radius 2 is 1.93 bits per heavy atom. The van der Waals surface area contributed by atoms with Gasteiger partial charge in [-0.25, -0.2) is 4.98 Å². The molecule has 27 heavy (non-hydrogen) atoms. The van der Waals surface area contributed by atoms with Gasteiger partial charge in [-0.1, -0.05) is 20.8 Å². The lowest BCUT2D eigenvalue weighted by Gasteiger charge is -2.39. The quantitative estimate of drug-likeness (QED) is 0.832. The summed E-state index contributed by atoms with van der Waals surface area (Å²) in [6, 6.07) is 0. The predicted molar refractivity (Wildman–Crippen MR) is 102 cm³/mol. The highest BCUT2D eigenvalue weighted by Gasteiger charge is 2.45. The number of hydrogen-bond donors (Lipinski definition) is 1. The number of piperidine rings is 1. The Morgan fingerprint density at radius 1 is 1.22 bits per heavy atom. The summed E-state index contributed by atoms with van der Waals surface area (Å²) in [5.41, 5.74) is 2.18. The third kappa shape index (κ3) is 2.99. The van der Waals surface area contributed by atoms with Crippen molar-refractivity contribution < 1.29 is 4.79 Å². The molecule has 144 valence electrons. The maximum atomic E-state index is 12.7. The molecule has 2 aliphatic rings. The highest BCUT2D eigenvalue weighted by molar-refractivity contribution is 5.93. The average Bonchev–Trinajstić information content (AvgIpc) is 3.19. The minimum absolute atomic E-state index is 0.00988. The van der Waals surface area contributed by atoms with Crippen molar-refractivity contribution in [3.05, 3.63) is 45.4 Å². The Balaban J connectivity index is 1.59. The first-order valence-electron chi connectivity index (χ1n) is 9.62. The zero-order valence-corrected chi connectivity index (χ0v) is 16.5. The van der Waals surface area contributed by atoms with Gasteiger partial charge in [-0.15, -0.1) is 0 Å². The van der Waals surface area contributed by atoms with E-state index in [0.717, 1.165) is 42.8 Å². The summed E-state index contributed by atoms with van der Waals surface area (Å²) < 4.78 is 1.65. The first-order chi connectivity index (χ1) is 12.7. The van der Waals surface area contributed by atoms with Crippen LogP contribution in [0.2, 0.25) is 0 Å². The number of nitrogens with zero attached hydrogens (tertiary/aromatic N) is 4. The van der Waals surface area contributed by atoms with E-state index in [9.17, 15) is 9.59 Å². The summed E-state index contributed by atoms with van der Waals surface area (Å²) in [6.45, 7) is 7.57. The summed E-state index contributed by atoms with van der Waals surface area (Å²) in [5, 5.41) is 4.10. The average molecular weight is 369 g/mol. The van der Waals surface area contributed by atoms with Crippen LogP contribution in [0, 0.1) is 0 Å². The standard InChI is InChI=1S/C20H27N5O2/c1-19(2,3)18-22-15-14(16(26)23-18)5-6-20(15)7-9-25(10-8-20)17(27)13-11-21-24(4)12-13/h11-12H,5-10H2,1-4H3,(H,22,23,26). The number of carbonyl (C=O) groups excluding carboxylic acids is 1. The lowest BCUT2D eigenvalue weighted by atomic mass is 9.76. The molecule has 0 saturated carbocycles. The largest absolute Gasteiger partial charge is 0.338 e. The Labute approximate surface area is 158 Å². The van der Waals surface area contributed by atoms with Crippen molar-refractivity contribution in [2.24, 2.45) is 7.05 Å². The van der Waals surface area contributed by atoms with Crippen molar-refractivity contribution in [3.63, 3.8) is 0 Å². The third-order valence-electron chi connectivity index (χ3n) is 6.04. The van der Waals surface area contributed by atoms with Gasteiger partial charge in [0.05, 0.1) is 17.5 Å². The van der Waals surface area contributed by atoms with Gasteiger partial charge in [0, 0.05) is 42.7 Å². The van der Waals surface area contributed by atoms with Crippen LogP contribution in [0.5, 0.6) is 0 Å². The second-order valence-corrected chi connectivity index (χ2v) is 8.97. The van der Waals surface area contributed by atoms with Gasteiger partial charge in [0.25, 0.3) is 11.5 Å². The topological polar surface area (TPSA) is 83.9 Å². The van der Waals surface area contributed by atoms with E-state index >= 15 is 0 Å². The number of nitrogens with one attached hydrogen (secondary N) is 1. The van der Waals surface area contributed by atoms with Crippen molar-refractivity contribution >= 4 is 5.91 Å². The normalized spacial score (nSPS) is 18.7. The van der Waals surface area contributed by atoms with Crippen LogP contribution in [0.15, 0.2) is 17.2 Å². The maximum absolute atomic E-state index is 12.7. The molecule has 0 unspecified atom stereocenters. The van der Waals surface area contributed by atoms with E-state index in [1.165, 1.54) is 0 Å². The molecule has 1 fully saturated rings. The maximum Gasteiger partial charge on any atom is 0.257 e. The number of carbonyl (C=O) groups is 1. The Hall–Kier alpha value is -2.44. The number of aromatic nitrogens is 4. The van der Waals surface area contributed by atoms with Gasteiger partial charge in [-0.05, 0) is 25.7 Å². The Bertz CT molecular complexity index is 942. The second kappa shape index (κ2) is 6.04. The van der Waals surface area contributed by atoms with Crippen molar-refractivity contribution in [1.82, 2.24) is 24.6 Å². The van der Waals surface area contributed by atoms with Gasteiger partial charge >= 0.3 is 0 Å². The van der Waals surface area contributed by atoms with E-state index in [4.69, 9.17) is 4.98 Å². The Morgan fingerprint density at radius 3 is 2.52 bits per heavy atom. The zero-order valence-electron chi connectivity index (χ0n) is 16.5. The number of likely N-dealkylation sites (tertiary alicyclic amines) is 1. The number of amides is 1. The third-order valence-corrected chi connectivity index (χ3v) is 6.04. The summed E-state index contributed by atoms with van der Waals surface area (Å²) >= 11 is 0. The number of rotatable bonds is 1. The molecule has 0 radical (unpaired) electrons. The number of fused-ring (bicyclic) bond motifs is 2. The van der Waals surface area contributed by atoms with Crippen LogP contribution in [-0.4, -0.2) is 43.6 Å². The highest BCUT2D eigenvalue weighted by atomic mass is 16.2. The van der Waals surface area contributed by atoms with Crippen LogP contribution in [0.3, 0.4) is 0 Å². The molecule has 1 aliphatic heterocycles. The molecule has 7 heteroatoms. The molecule has 7 nitrogen and oxygen atoms in total. The van der Waals surface area contributed by atoms with Gasteiger partial charge in [-0.3, -0.25) is 14.3 Å². The number of aromatic amines is 1. The molecule has 1 spiro atoms. The molecule has 0 atom stereocenters. The van der Waals surface area contributed by atoms with E-state index in [1.54, 1.807) is 17.1 Å². The summed E-state index contributed by atoms with van der Waals surface area (Å²) in [4.78, 5) is 35.1. The lowest BCUT2D eigenvalue weighted by molar-refractivity contribution is 0.0663. The van der Waals surface area contributed by atoms with E-state index in [0.29, 0.717) is 18.7 Å². The molecule has 1 N–H and O–H groups in total. The fraction of sp³-hybridized carbons (Fsp3) is 0.600. The molecular weight excluding hydrogens is 342 g/mol. The van der Waals surface area contributed by atoms with Crippen LogP contribution < -0.4 is 5.56 Å². The molecule has 3 heterocycles. The second-order valence-electron chi connectivity index (χ2n) is 8.97. The molecule has 0 bridgehead atoms. The fourth-order valence-electron chi connectivity index (χ4n) is 4.35. The molecule has 1 saturated heterocycles. The first-order valence-corrected chi connectivity index (χ1v) is 9.62.